The highest BCUT2D eigenvalue weighted by Crippen LogP contribution is 2.25. The van der Waals surface area contributed by atoms with E-state index >= 15 is 0 Å². The van der Waals surface area contributed by atoms with Crippen LogP contribution in [0.3, 0.4) is 0 Å². The van der Waals surface area contributed by atoms with Gasteiger partial charge in [-0.25, -0.2) is 4.39 Å². The molecule has 0 amide bonds. The quantitative estimate of drug-likeness (QED) is 0.815. The van der Waals surface area contributed by atoms with Gasteiger partial charge in [0.15, 0.2) is 11.5 Å². The number of para-hydroxylation sites is 2. The predicted octanol–water partition coefficient (Wildman–Crippen LogP) is 2.79. The Morgan fingerprint density at radius 1 is 1.00 bits per heavy atom. The minimum absolute atomic E-state index is 0.0590. The van der Waals surface area contributed by atoms with E-state index in [1.54, 1.807) is 37.4 Å². The van der Waals surface area contributed by atoms with Crippen molar-refractivity contribution in [1.82, 2.24) is 0 Å². The molecule has 4 nitrogen and oxygen atoms in total. The van der Waals surface area contributed by atoms with E-state index in [1.807, 2.05) is 12.1 Å². The van der Waals surface area contributed by atoms with Crippen LogP contribution in [0.5, 0.6) is 11.5 Å². The third-order valence-corrected chi connectivity index (χ3v) is 3.03. The number of hydrogen-bond donors (Lipinski definition) is 1. The molecule has 1 atom stereocenters. The van der Waals surface area contributed by atoms with Gasteiger partial charge in [-0.15, -0.1) is 0 Å². The van der Waals surface area contributed by atoms with Gasteiger partial charge in [0.05, 0.1) is 20.3 Å². The molecule has 0 spiro atoms. The summed E-state index contributed by atoms with van der Waals surface area (Å²) in [5.41, 5.74) is 0.459. The lowest BCUT2D eigenvalue weighted by Gasteiger charge is -2.14. The Morgan fingerprint density at radius 2 is 1.68 bits per heavy atom. The average Bonchev–Trinajstić information content (AvgIpc) is 2.55. The summed E-state index contributed by atoms with van der Waals surface area (Å²) >= 11 is 0. The first-order valence-electron chi connectivity index (χ1n) is 6.95. The number of aliphatic hydroxyl groups is 1. The maximum Gasteiger partial charge on any atom is 0.161 e. The molecular weight excluding hydrogens is 287 g/mol. The number of methoxy groups -OCH3 is 1. The molecule has 1 N–H and O–H groups in total. The van der Waals surface area contributed by atoms with E-state index in [1.165, 1.54) is 6.07 Å². The molecule has 118 valence electrons. The Labute approximate surface area is 129 Å². The van der Waals surface area contributed by atoms with E-state index in [2.05, 4.69) is 0 Å². The van der Waals surface area contributed by atoms with Gasteiger partial charge < -0.3 is 19.3 Å². The molecule has 5 heteroatoms. The fourth-order valence-electron chi connectivity index (χ4n) is 1.89. The van der Waals surface area contributed by atoms with Crippen LogP contribution in [-0.2, 0) is 11.3 Å². The van der Waals surface area contributed by atoms with Gasteiger partial charge >= 0.3 is 0 Å². The van der Waals surface area contributed by atoms with Crippen LogP contribution in [0.1, 0.15) is 5.56 Å². The molecule has 0 aliphatic heterocycles. The molecule has 0 aliphatic rings. The fraction of sp³-hybridized carbons (Fsp3) is 0.294. The highest BCUT2D eigenvalue weighted by atomic mass is 19.1. The first-order valence-corrected chi connectivity index (χ1v) is 6.95. The van der Waals surface area contributed by atoms with Crippen molar-refractivity contribution < 1.29 is 23.7 Å². The Bertz CT molecular complexity index is 588. The van der Waals surface area contributed by atoms with Crippen LogP contribution >= 0.6 is 0 Å². The summed E-state index contributed by atoms with van der Waals surface area (Å²) in [5.74, 6) is 0.836. The molecule has 0 heterocycles. The zero-order chi connectivity index (χ0) is 15.8. The molecule has 2 aromatic rings. The fourth-order valence-corrected chi connectivity index (χ4v) is 1.89. The Kier molecular flexibility index (Phi) is 6.18. The van der Waals surface area contributed by atoms with Crippen LogP contribution in [-0.4, -0.2) is 31.5 Å². The van der Waals surface area contributed by atoms with Gasteiger partial charge in [0, 0.05) is 5.56 Å². The minimum atomic E-state index is -0.809. The lowest BCUT2D eigenvalue weighted by molar-refractivity contribution is 0.00436. The normalized spacial score (nSPS) is 12.0. The maximum atomic E-state index is 13.4. The monoisotopic (exact) mass is 306 g/mol. The number of halogens is 1. The summed E-state index contributed by atoms with van der Waals surface area (Å²) < 4.78 is 29.3. The molecule has 0 aromatic heterocycles. The second-order valence-electron chi connectivity index (χ2n) is 4.72. The molecule has 22 heavy (non-hydrogen) atoms. The summed E-state index contributed by atoms with van der Waals surface area (Å²) in [4.78, 5) is 0. The number of rotatable bonds is 8. The van der Waals surface area contributed by atoms with Gasteiger partial charge in [-0.3, -0.25) is 0 Å². The molecule has 0 bridgehead atoms. The molecule has 0 fully saturated rings. The number of benzene rings is 2. The average molecular weight is 306 g/mol. The number of hydrogen-bond acceptors (Lipinski definition) is 4. The summed E-state index contributed by atoms with van der Waals surface area (Å²) in [5, 5.41) is 9.84. The van der Waals surface area contributed by atoms with E-state index in [4.69, 9.17) is 14.2 Å². The molecule has 2 aromatic carbocycles. The van der Waals surface area contributed by atoms with Gasteiger partial charge in [0.1, 0.15) is 18.5 Å². The standard InChI is InChI=1S/C17H19FO4/c1-20-16-8-4-5-9-17(16)22-12-14(19)11-21-10-13-6-2-3-7-15(13)18/h2-9,14,19H,10-12H2,1H3. The molecule has 2 rings (SSSR count). The van der Waals surface area contributed by atoms with Crippen molar-refractivity contribution in [1.29, 1.82) is 0 Å². The SMILES string of the molecule is COc1ccccc1OCC(O)COCc1ccccc1F. The molecular formula is C17H19FO4. The molecule has 0 radical (unpaired) electrons. The summed E-state index contributed by atoms with van der Waals surface area (Å²) in [6, 6.07) is 13.6. The van der Waals surface area contributed by atoms with Crippen LogP contribution in [0.2, 0.25) is 0 Å². The second-order valence-corrected chi connectivity index (χ2v) is 4.72. The molecule has 0 aliphatic carbocycles. The summed E-state index contributed by atoms with van der Waals surface area (Å²) in [7, 11) is 1.55. The van der Waals surface area contributed by atoms with Gasteiger partial charge in [-0.2, -0.15) is 0 Å². The van der Waals surface area contributed by atoms with Crippen molar-refractivity contribution in [2.24, 2.45) is 0 Å². The molecule has 1 unspecified atom stereocenters. The van der Waals surface area contributed by atoms with Crippen molar-refractivity contribution in [3.63, 3.8) is 0 Å². The first-order chi connectivity index (χ1) is 10.7. The van der Waals surface area contributed by atoms with Crippen LogP contribution in [0, 0.1) is 5.82 Å². The second kappa shape index (κ2) is 8.36. The lowest BCUT2D eigenvalue weighted by Crippen LogP contribution is -2.23. The molecule has 0 saturated heterocycles. The Morgan fingerprint density at radius 3 is 2.41 bits per heavy atom. The molecule has 0 saturated carbocycles. The van der Waals surface area contributed by atoms with Gasteiger partial charge in [-0.1, -0.05) is 30.3 Å². The van der Waals surface area contributed by atoms with E-state index in [9.17, 15) is 9.50 Å². The van der Waals surface area contributed by atoms with Crippen molar-refractivity contribution in [2.75, 3.05) is 20.3 Å². The van der Waals surface area contributed by atoms with Gasteiger partial charge in [-0.05, 0) is 18.2 Å². The van der Waals surface area contributed by atoms with Crippen molar-refractivity contribution in [2.45, 2.75) is 12.7 Å². The highest BCUT2D eigenvalue weighted by Gasteiger charge is 2.09. The van der Waals surface area contributed by atoms with E-state index < -0.39 is 6.10 Å². The van der Waals surface area contributed by atoms with Gasteiger partial charge in [0.2, 0.25) is 0 Å². The predicted molar refractivity (Wildman–Crippen MR) is 80.6 cm³/mol. The van der Waals surface area contributed by atoms with Gasteiger partial charge in [0.25, 0.3) is 0 Å². The van der Waals surface area contributed by atoms with Crippen molar-refractivity contribution in [3.05, 3.63) is 59.9 Å². The van der Waals surface area contributed by atoms with Crippen LogP contribution in [0.15, 0.2) is 48.5 Å². The van der Waals surface area contributed by atoms with Crippen LogP contribution in [0.25, 0.3) is 0 Å². The minimum Gasteiger partial charge on any atom is -0.493 e. The Hall–Kier alpha value is -2.11. The lowest BCUT2D eigenvalue weighted by atomic mass is 10.2. The van der Waals surface area contributed by atoms with E-state index in [0.29, 0.717) is 17.1 Å². The van der Waals surface area contributed by atoms with Crippen molar-refractivity contribution >= 4 is 0 Å². The first kappa shape index (κ1) is 16.3. The van der Waals surface area contributed by atoms with Crippen LogP contribution < -0.4 is 9.47 Å². The third-order valence-electron chi connectivity index (χ3n) is 3.03. The third kappa shape index (κ3) is 4.72. The zero-order valence-electron chi connectivity index (χ0n) is 12.4. The maximum absolute atomic E-state index is 13.4. The summed E-state index contributed by atoms with van der Waals surface area (Å²) in [6.07, 6.45) is -0.809. The summed E-state index contributed by atoms with van der Waals surface area (Å²) in [6.45, 7) is 0.236. The van der Waals surface area contributed by atoms with Crippen LogP contribution in [0.4, 0.5) is 4.39 Å². The Balaban J connectivity index is 1.74. The highest BCUT2D eigenvalue weighted by molar-refractivity contribution is 5.39. The van der Waals surface area contributed by atoms with E-state index in [-0.39, 0.29) is 25.6 Å². The van der Waals surface area contributed by atoms with Crippen molar-refractivity contribution in [3.8, 4) is 11.5 Å². The number of ether oxygens (including phenoxy) is 3. The largest absolute Gasteiger partial charge is 0.493 e. The number of aliphatic hydroxyl groups excluding tert-OH is 1. The van der Waals surface area contributed by atoms with E-state index in [0.717, 1.165) is 0 Å². The zero-order valence-corrected chi connectivity index (χ0v) is 12.4. The topological polar surface area (TPSA) is 47.9 Å². The smallest absolute Gasteiger partial charge is 0.161 e.